The van der Waals surface area contributed by atoms with Gasteiger partial charge in [-0.05, 0) is 6.42 Å². The van der Waals surface area contributed by atoms with E-state index in [4.69, 9.17) is 4.74 Å². The van der Waals surface area contributed by atoms with Crippen molar-refractivity contribution in [1.29, 1.82) is 0 Å². The van der Waals surface area contributed by atoms with Crippen molar-refractivity contribution in [3.05, 3.63) is 0 Å². The average molecular weight is 535 g/mol. The van der Waals surface area contributed by atoms with E-state index in [1.165, 1.54) is 0 Å². The topological polar surface area (TPSA) is 159 Å². The second-order valence-corrected chi connectivity index (χ2v) is 12.2. The summed E-state index contributed by atoms with van der Waals surface area (Å²) in [5, 5.41) is 0. The molecule has 0 aromatic carbocycles. The van der Waals surface area contributed by atoms with E-state index in [0.29, 0.717) is 54.3 Å². The number of ether oxygens (including phenoxy) is 1. The highest BCUT2D eigenvalue weighted by Crippen LogP contribution is 2.15. The Balaban J connectivity index is 4.67. The van der Waals surface area contributed by atoms with Gasteiger partial charge in [0.05, 0.1) is 73.5 Å². The smallest absolute Gasteiger partial charge is 0.308 e. The molecule has 0 fully saturated rings. The van der Waals surface area contributed by atoms with Crippen molar-refractivity contribution in [1.82, 2.24) is 0 Å². The molecule has 0 aliphatic heterocycles. The molecule has 0 N–H and O–H groups in total. The normalized spacial score (nSPS) is 14.4. The van der Waals surface area contributed by atoms with Crippen molar-refractivity contribution in [2.45, 2.75) is 52.1 Å². The predicted octanol–water partition coefficient (Wildman–Crippen LogP) is 0.611. The Kier molecular flexibility index (Phi) is 14.3. The van der Waals surface area contributed by atoms with Crippen molar-refractivity contribution < 1.29 is 52.8 Å². The molecule has 0 aliphatic rings. The van der Waals surface area contributed by atoms with E-state index in [-0.39, 0.29) is 31.2 Å². The summed E-state index contributed by atoms with van der Waals surface area (Å²) in [6.45, 7) is 5.88. The molecule has 0 aromatic rings. The van der Waals surface area contributed by atoms with Crippen LogP contribution in [0.4, 0.5) is 0 Å². The number of quaternary nitrogens is 2. The fraction of sp³-hybridized carbons (Fsp3) is 0.950. The van der Waals surface area contributed by atoms with Gasteiger partial charge in [-0.25, -0.2) is 16.8 Å². The van der Waals surface area contributed by atoms with Crippen LogP contribution in [0.1, 0.15) is 46.0 Å². The molecular weight excluding hydrogens is 492 g/mol. The summed E-state index contributed by atoms with van der Waals surface area (Å²) in [5.74, 6) is -0.519. The minimum absolute atomic E-state index is 0.152. The van der Waals surface area contributed by atoms with E-state index in [2.05, 4.69) is 8.37 Å². The van der Waals surface area contributed by atoms with Crippen LogP contribution in [0, 0.1) is 5.92 Å². The summed E-state index contributed by atoms with van der Waals surface area (Å²) in [7, 11) is -1.44. The van der Waals surface area contributed by atoms with Crippen LogP contribution in [0.15, 0.2) is 0 Å². The summed E-state index contributed by atoms with van der Waals surface area (Å²) >= 11 is 0. The van der Waals surface area contributed by atoms with Crippen molar-refractivity contribution in [3.63, 3.8) is 0 Å². The summed E-state index contributed by atoms with van der Waals surface area (Å²) in [6, 6.07) is 0. The Morgan fingerprint density at radius 2 is 1.15 bits per heavy atom. The third-order valence-corrected chi connectivity index (χ3v) is 6.28. The van der Waals surface area contributed by atoms with Crippen LogP contribution in [-0.2, 0) is 38.7 Å². The van der Waals surface area contributed by atoms with Crippen LogP contribution in [0.2, 0.25) is 0 Å². The molecule has 14 heteroatoms. The fourth-order valence-electron chi connectivity index (χ4n) is 3.33. The van der Waals surface area contributed by atoms with Gasteiger partial charge in [0.1, 0.15) is 6.10 Å². The number of hydrogen-bond acceptors (Lipinski definition) is 10. The molecule has 0 aromatic heterocycles. The first-order valence-corrected chi connectivity index (χ1v) is 14.0. The summed E-state index contributed by atoms with van der Waals surface area (Å²) < 4.78 is 78.5. The van der Waals surface area contributed by atoms with Crippen LogP contribution in [-0.4, -0.2) is 115 Å². The standard InChI is InChI=1S/C20H42N2O10S2/c1-18(2)20(23)32-19(11-15-22(5,6)14-9-17-31-34(27,28)29)10-7-12-21(3,4)13-8-16-30-33(24,25)26/h18-19H,7-17H2,1-6H3. The Morgan fingerprint density at radius 3 is 1.56 bits per heavy atom. The molecule has 0 heterocycles. The first-order valence-electron chi connectivity index (χ1n) is 11.4. The summed E-state index contributed by atoms with van der Waals surface area (Å²) in [5.41, 5.74) is 0. The van der Waals surface area contributed by atoms with E-state index in [9.17, 15) is 30.7 Å². The Labute approximate surface area is 205 Å². The Hall–Kier alpha value is -0.870. The van der Waals surface area contributed by atoms with Crippen molar-refractivity contribution in [3.8, 4) is 0 Å². The molecular formula is C20H42N2O10S2. The lowest BCUT2D eigenvalue weighted by Gasteiger charge is -2.32. The predicted molar refractivity (Wildman–Crippen MR) is 123 cm³/mol. The molecule has 0 rings (SSSR count). The molecule has 12 nitrogen and oxygen atoms in total. The zero-order valence-corrected chi connectivity index (χ0v) is 22.9. The number of esters is 1. The lowest BCUT2D eigenvalue weighted by molar-refractivity contribution is -0.891. The lowest BCUT2D eigenvalue weighted by Crippen LogP contribution is -2.44. The number of rotatable bonds is 19. The molecule has 0 saturated carbocycles. The van der Waals surface area contributed by atoms with Gasteiger partial charge in [0.2, 0.25) is 20.8 Å². The largest absolute Gasteiger partial charge is 0.726 e. The van der Waals surface area contributed by atoms with E-state index >= 15 is 0 Å². The van der Waals surface area contributed by atoms with Crippen LogP contribution < -0.4 is 0 Å². The first kappa shape index (κ1) is 33.1. The molecule has 0 bridgehead atoms. The summed E-state index contributed by atoms with van der Waals surface area (Å²) in [6.07, 6.45) is 2.58. The highest BCUT2D eigenvalue weighted by atomic mass is 32.3. The second-order valence-electron chi connectivity index (χ2n) is 10.1. The molecule has 0 aliphatic carbocycles. The van der Waals surface area contributed by atoms with Crippen LogP contribution >= 0.6 is 0 Å². The van der Waals surface area contributed by atoms with Crippen molar-refractivity contribution >= 4 is 26.8 Å². The van der Waals surface area contributed by atoms with Crippen LogP contribution in [0.3, 0.4) is 0 Å². The van der Waals surface area contributed by atoms with Gasteiger partial charge in [0.15, 0.2) is 0 Å². The van der Waals surface area contributed by atoms with Gasteiger partial charge in [-0.1, -0.05) is 13.8 Å². The van der Waals surface area contributed by atoms with Crippen molar-refractivity contribution in [2.24, 2.45) is 5.92 Å². The van der Waals surface area contributed by atoms with Gasteiger partial charge < -0.3 is 22.8 Å². The van der Waals surface area contributed by atoms with Gasteiger partial charge in [-0.15, -0.1) is 0 Å². The molecule has 0 amide bonds. The van der Waals surface area contributed by atoms with Gasteiger partial charge in [0, 0.05) is 25.7 Å². The van der Waals surface area contributed by atoms with Crippen LogP contribution in [0.5, 0.6) is 0 Å². The molecule has 0 spiro atoms. The highest BCUT2D eigenvalue weighted by Gasteiger charge is 2.24. The number of nitrogens with zero attached hydrogens (tertiary/aromatic N) is 2. The van der Waals surface area contributed by atoms with E-state index in [0.717, 1.165) is 13.0 Å². The van der Waals surface area contributed by atoms with E-state index in [1.807, 2.05) is 28.2 Å². The maximum atomic E-state index is 12.2. The number of hydrogen-bond donors (Lipinski definition) is 0. The quantitative estimate of drug-likeness (QED) is 0.0755. The maximum absolute atomic E-state index is 12.2. The lowest BCUT2D eigenvalue weighted by atomic mass is 10.1. The second kappa shape index (κ2) is 14.6. The molecule has 0 saturated heterocycles. The fourth-order valence-corrected chi connectivity index (χ4v) is 3.98. The van der Waals surface area contributed by atoms with Gasteiger partial charge in [-0.3, -0.25) is 13.2 Å². The molecule has 34 heavy (non-hydrogen) atoms. The van der Waals surface area contributed by atoms with E-state index < -0.39 is 20.8 Å². The number of carbonyl (C=O) groups excluding carboxylic acids is 1. The summed E-state index contributed by atoms with van der Waals surface area (Å²) in [4.78, 5) is 12.2. The Bertz CT molecular complexity index is 811. The molecule has 0 radical (unpaired) electrons. The average Bonchev–Trinajstić information content (AvgIpc) is 2.65. The van der Waals surface area contributed by atoms with Gasteiger partial charge in [0.25, 0.3) is 0 Å². The van der Waals surface area contributed by atoms with Crippen molar-refractivity contribution in [2.75, 3.05) is 67.6 Å². The SMILES string of the molecule is CC(C)C(=O)OC(CCC[N+](C)(C)CCCOS(=O)(=O)[O-])CC[N+](C)(C)CCCOS(=O)(=O)[O-]. The molecule has 204 valence electrons. The number of carbonyl (C=O) groups is 1. The zero-order valence-electron chi connectivity index (χ0n) is 21.2. The molecule has 1 atom stereocenters. The zero-order chi connectivity index (χ0) is 26.6. The minimum Gasteiger partial charge on any atom is -0.726 e. The Morgan fingerprint density at radius 1 is 0.735 bits per heavy atom. The third-order valence-electron chi connectivity index (χ3n) is 5.37. The monoisotopic (exact) mass is 534 g/mol. The van der Waals surface area contributed by atoms with Crippen LogP contribution in [0.25, 0.3) is 0 Å². The first-order chi connectivity index (χ1) is 15.3. The van der Waals surface area contributed by atoms with Gasteiger partial charge in [-0.2, -0.15) is 0 Å². The molecule has 1 unspecified atom stereocenters. The third kappa shape index (κ3) is 19.4. The van der Waals surface area contributed by atoms with E-state index in [1.54, 1.807) is 13.8 Å². The highest BCUT2D eigenvalue weighted by molar-refractivity contribution is 7.81. The minimum atomic E-state index is -4.69. The van der Waals surface area contributed by atoms with Gasteiger partial charge >= 0.3 is 5.97 Å². The maximum Gasteiger partial charge on any atom is 0.308 e.